The van der Waals surface area contributed by atoms with Crippen molar-refractivity contribution >= 4 is 39.1 Å². The van der Waals surface area contributed by atoms with Crippen molar-refractivity contribution in [1.29, 1.82) is 0 Å². The Morgan fingerprint density at radius 3 is 2.24 bits per heavy atom. The number of benzene rings is 3. The van der Waals surface area contributed by atoms with Crippen LogP contribution in [-0.4, -0.2) is 51.4 Å². The molecule has 1 N–H and O–H groups in total. The summed E-state index contributed by atoms with van der Waals surface area (Å²) in [5.41, 5.74) is 1.86. The normalized spacial score (nSPS) is 11.9. The number of likely N-dealkylation sites (N-methyl/N-ethyl adjacent to an activating group) is 1. The molecule has 8 nitrogen and oxygen atoms in total. The van der Waals surface area contributed by atoms with E-state index in [0.717, 1.165) is 15.4 Å². The highest BCUT2D eigenvalue weighted by molar-refractivity contribution is 7.92. The number of sulfonamides is 1. The van der Waals surface area contributed by atoms with Gasteiger partial charge in [0.2, 0.25) is 11.8 Å². The molecule has 0 fully saturated rings. The molecule has 1 atom stereocenters. The highest BCUT2D eigenvalue weighted by atomic mass is 35.5. The number of halogens is 1. The lowest BCUT2D eigenvalue weighted by Gasteiger charge is -2.32. The summed E-state index contributed by atoms with van der Waals surface area (Å²) in [5.74, 6) is -0.616. The lowest BCUT2D eigenvalue weighted by atomic mass is 10.1. The van der Waals surface area contributed by atoms with Crippen molar-refractivity contribution < 1.29 is 22.7 Å². The second kappa shape index (κ2) is 12.8. The minimum Gasteiger partial charge on any atom is -0.492 e. The average Bonchev–Trinajstić information content (AvgIpc) is 2.91. The first-order chi connectivity index (χ1) is 18.1. The van der Waals surface area contributed by atoms with E-state index in [0.29, 0.717) is 17.4 Å². The van der Waals surface area contributed by atoms with Crippen LogP contribution < -0.4 is 14.4 Å². The second-order valence-electron chi connectivity index (χ2n) is 8.66. The summed E-state index contributed by atoms with van der Waals surface area (Å²) in [4.78, 5) is 27.8. The first kappa shape index (κ1) is 29.0. The summed E-state index contributed by atoms with van der Waals surface area (Å²) in [6.45, 7) is 5.08. The van der Waals surface area contributed by atoms with Gasteiger partial charge < -0.3 is 15.0 Å². The number of rotatable bonds is 11. The van der Waals surface area contributed by atoms with Crippen molar-refractivity contribution in [3.8, 4) is 5.75 Å². The van der Waals surface area contributed by atoms with Crippen LogP contribution in [-0.2, 0) is 26.2 Å². The van der Waals surface area contributed by atoms with E-state index in [4.69, 9.17) is 16.3 Å². The number of carbonyl (C=O) groups excluding carboxylic acids is 2. The van der Waals surface area contributed by atoms with Gasteiger partial charge in [0.25, 0.3) is 10.0 Å². The second-order valence-corrected chi connectivity index (χ2v) is 11.0. The molecule has 0 bridgehead atoms. The van der Waals surface area contributed by atoms with Gasteiger partial charge in [-0.3, -0.25) is 13.9 Å². The zero-order chi connectivity index (χ0) is 27.9. The maximum Gasteiger partial charge on any atom is 0.264 e. The number of nitrogens with one attached hydrogen (secondary N) is 1. The maximum atomic E-state index is 13.9. The zero-order valence-electron chi connectivity index (χ0n) is 21.8. The molecule has 3 rings (SSSR count). The molecule has 0 aromatic heterocycles. The van der Waals surface area contributed by atoms with E-state index >= 15 is 0 Å². The van der Waals surface area contributed by atoms with Crippen LogP contribution in [0.3, 0.4) is 0 Å². The van der Waals surface area contributed by atoms with Crippen LogP contribution in [0.5, 0.6) is 5.75 Å². The Labute approximate surface area is 229 Å². The van der Waals surface area contributed by atoms with E-state index in [1.807, 2.05) is 6.92 Å². The van der Waals surface area contributed by atoms with Gasteiger partial charge >= 0.3 is 0 Å². The summed E-state index contributed by atoms with van der Waals surface area (Å²) in [6, 6.07) is 19.1. The molecule has 0 spiro atoms. The van der Waals surface area contributed by atoms with Gasteiger partial charge in [0.1, 0.15) is 18.3 Å². The van der Waals surface area contributed by atoms with Crippen LogP contribution in [0.1, 0.15) is 25.0 Å². The van der Waals surface area contributed by atoms with Gasteiger partial charge in [0.05, 0.1) is 17.2 Å². The van der Waals surface area contributed by atoms with Crippen LogP contribution in [0, 0.1) is 6.92 Å². The molecule has 0 aliphatic carbocycles. The minimum atomic E-state index is -4.18. The first-order valence-corrected chi connectivity index (χ1v) is 14.0. The van der Waals surface area contributed by atoms with Gasteiger partial charge in [-0.1, -0.05) is 53.6 Å². The molecule has 0 unspecified atom stereocenters. The fourth-order valence-electron chi connectivity index (χ4n) is 3.87. The Kier molecular flexibility index (Phi) is 9.77. The van der Waals surface area contributed by atoms with E-state index in [2.05, 4.69) is 5.32 Å². The smallest absolute Gasteiger partial charge is 0.264 e. The predicted octanol–water partition coefficient (Wildman–Crippen LogP) is 4.41. The summed E-state index contributed by atoms with van der Waals surface area (Å²) in [5, 5.41) is 3.10. The van der Waals surface area contributed by atoms with E-state index in [-0.39, 0.29) is 23.0 Å². The Balaban J connectivity index is 2.08. The predicted molar refractivity (Wildman–Crippen MR) is 149 cm³/mol. The van der Waals surface area contributed by atoms with Crippen molar-refractivity contribution in [1.82, 2.24) is 10.2 Å². The van der Waals surface area contributed by atoms with Crippen LogP contribution >= 0.6 is 11.6 Å². The molecule has 0 heterocycles. The Morgan fingerprint density at radius 2 is 1.63 bits per heavy atom. The lowest BCUT2D eigenvalue weighted by molar-refractivity contribution is -0.139. The molecule has 38 heavy (non-hydrogen) atoms. The fourth-order valence-corrected chi connectivity index (χ4v) is 5.42. The minimum absolute atomic E-state index is 0.0332. The van der Waals surface area contributed by atoms with Crippen LogP contribution in [0.2, 0.25) is 5.02 Å². The topological polar surface area (TPSA) is 96.0 Å². The van der Waals surface area contributed by atoms with Gasteiger partial charge in [0, 0.05) is 18.6 Å². The standard InChI is InChI=1S/C28H32ClN3O5S/c1-5-37-26-9-7-6-8-25(26)32(38(35,36)24-16-10-20(2)11-17-24)19-27(33)31(21(3)28(34)30-4)18-22-12-14-23(29)15-13-22/h6-17,21H,5,18-19H2,1-4H3,(H,30,34)/t21-/m0/s1. The third kappa shape index (κ3) is 6.85. The van der Waals surface area contributed by atoms with Crippen molar-refractivity contribution in [2.75, 3.05) is 24.5 Å². The number of hydrogen-bond donors (Lipinski definition) is 1. The number of aryl methyl sites for hydroxylation is 1. The first-order valence-electron chi connectivity index (χ1n) is 12.1. The highest BCUT2D eigenvalue weighted by Crippen LogP contribution is 2.33. The molecule has 202 valence electrons. The molecule has 0 aliphatic rings. The quantitative estimate of drug-likeness (QED) is 0.377. The van der Waals surface area contributed by atoms with Gasteiger partial charge in [0.15, 0.2) is 0 Å². The monoisotopic (exact) mass is 557 g/mol. The molecule has 0 aliphatic heterocycles. The van der Waals surface area contributed by atoms with Crippen LogP contribution in [0.25, 0.3) is 0 Å². The maximum absolute atomic E-state index is 13.9. The Morgan fingerprint density at radius 1 is 1.00 bits per heavy atom. The summed E-state index contributed by atoms with van der Waals surface area (Å²) < 4.78 is 34.6. The Bertz CT molecular complexity index is 1360. The average molecular weight is 558 g/mol. The van der Waals surface area contributed by atoms with E-state index in [1.165, 1.54) is 24.1 Å². The highest BCUT2D eigenvalue weighted by Gasteiger charge is 2.33. The Hall–Kier alpha value is -3.56. The van der Waals surface area contributed by atoms with E-state index in [1.54, 1.807) is 74.5 Å². The largest absolute Gasteiger partial charge is 0.492 e. The molecule has 10 heteroatoms. The number of anilines is 1. The summed E-state index contributed by atoms with van der Waals surface area (Å²) in [6.07, 6.45) is 0. The van der Waals surface area contributed by atoms with E-state index < -0.39 is 28.5 Å². The lowest BCUT2D eigenvalue weighted by Crippen LogP contribution is -2.50. The third-order valence-corrected chi connectivity index (χ3v) is 8.03. The number of hydrogen-bond acceptors (Lipinski definition) is 5. The number of carbonyl (C=O) groups is 2. The molecule has 2 amide bonds. The van der Waals surface area contributed by atoms with Gasteiger partial charge in [-0.25, -0.2) is 8.42 Å². The molecule has 0 saturated carbocycles. The summed E-state index contributed by atoms with van der Waals surface area (Å²) >= 11 is 6.01. The fraction of sp³-hybridized carbons (Fsp3) is 0.286. The molecule has 3 aromatic rings. The molecule has 3 aromatic carbocycles. The van der Waals surface area contributed by atoms with Gasteiger partial charge in [-0.05, 0) is 62.7 Å². The van der Waals surface area contributed by atoms with Crippen LogP contribution in [0.15, 0.2) is 77.7 Å². The summed E-state index contributed by atoms with van der Waals surface area (Å²) in [7, 11) is -2.70. The van der Waals surface area contributed by atoms with Crippen molar-refractivity contribution in [3.05, 3.63) is 88.9 Å². The van der Waals surface area contributed by atoms with Gasteiger partial charge in [-0.15, -0.1) is 0 Å². The number of para-hydroxylation sites is 2. The van der Waals surface area contributed by atoms with E-state index in [9.17, 15) is 18.0 Å². The molecular weight excluding hydrogens is 526 g/mol. The van der Waals surface area contributed by atoms with Gasteiger partial charge in [-0.2, -0.15) is 0 Å². The van der Waals surface area contributed by atoms with Crippen molar-refractivity contribution in [2.45, 2.75) is 38.3 Å². The zero-order valence-corrected chi connectivity index (χ0v) is 23.4. The number of amides is 2. The molecular formula is C28H32ClN3O5S. The SMILES string of the molecule is CCOc1ccccc1N(CC(=O)N(Cc1ccc(Cl)cc1)[C@@H](C)C(=O)NC)S(=O)(=O)c1ccc(C)cc1. The van der Waals surface area contributed by atoms with Crippen molar-refractivity contribution in [2.24, 2.45) is 0 Å². The molecule has 0 saturated heterocycles. The van der Waals surface area contributed by atoms with Crippen LogP contribution in [0.4, 0.5) is 5.69 Å². The third-order valence-electron chi connectivity index (χ3n) is 6.00. The van der Waals surface area contributed by atoms with Crippen molar-refractivity contribution in [3.63, 3.8) is 0 Å². The number of ether oxygens (including phenoxy) is 1. The number of nitrogens with zero attached hydrogens (tertiary/aromatic N) is 2. The molecule has 0 radical (unpaired) electrons.